The van der Waals surface area contributed by atoms with Gasteiger partial charge in [0.1, 0.15) is 11.4 Å². The van der Waals surface area contributed by atoms with Crippen molar-refractivity contribution in [1.29, 1.82) is 0 Å². The molecule has 1 amide bonds. The van der Waals surface area contributed by atoms with E-state index in [9.17, 15) is 19.8 Å². The third-order valence-electron chi connectivity index (χ3n) is 3.12. The number of carbonyl (C=O) groups is 2. The lowest BCUT2D eigenvalue weighted by molar-refractivity contribution is -0.150. The molecule has 1 rings (SSSR count). The van der Waals surface area contributed by atoms with Crippen molar-refractivity contribution in [2.75, 3.05) is 6.61 Å². The van der Waals surface area contributed by atoms with E-state index in [2.05, 4.69) is 4.84 Å². The molecule has 7 nitrogen and oxygen atoms in total. The highest BCUT2D eigenvalue weighted by atomic mass is 16.7. The monoisotopic (exact) mass is 339 g/mol. The molecule has 1 atom stereocenters. The van der Waals surface area contributed by atoms with Gasteiger partial charge < -0.3 is 19.8 Å². The number of aliphatic hydroxyl groups excluding tert-OH is 1. The fourth-order valence-electron chi connectivity index (χ4n) is 1.99. The highest BCUT2D eigenvalue weighted by molar-refractivity contribution is 5.73. The molecule has 0 aliphatic rings. The highest BCUT2D eigenvalue weighted by Crippen LogP contribution is 2.17. The van der Waals surface area contributed by atoms with Crippen molar-refractivity contribution in [3.8, 4) is 5.75 Å². The fraction of sp³-hybridized carbons (Fsp3) is 0.529. The second-order valence-corrected chi connectivity index (χ2v) is 6.54. The molecule has 1 aromatic rings. The van der Waals surface area contributed by atoms with Gasteiger partial charge in [0.2, 0.25) is 0 Å². The van der Waals surface area contributed by atoms with E-state index in [1.54, 1.807) is 45.0 Å². The standard InChI is InChI=1S/C17H25NO6/c1-17(2,3)23-16(22)18-24-15(21)9-6-13(11-19)10-12-4-7-14(20)8-5-12/h4-5,7-8,13,19-20H,6,9-11H2,1-3H3,(H,18,22). The van der Waals surface area contributed by atoms with Crippen LogP contribution in [0.15, 0.2) is 24.3 Å². The maximum absolute atomic E-state index is 11.6. The van der Waals surface area contributed by atoms with E-state index >= 15 is 0 Å². The van der Waals surface area contributed by atoms with Crippen LogP contribution in [0.25, 0.3) is 0 Å². The van der Waals surface area contributed by atoms with E-state index in [0.29, 0.717) is 12.8 Å². The first-order chi connectivity index (χ1) is 11.2. The molecule has 0 fully saturated rings. The number of hydrogen-bond donors (Lipinski definition) is 3. The highest BCUT2D eigenvalue weighted by Gasteiger charge is 2.18. The summed E-state index contributed by atoms with van der Waals surface area (Å²) in [6, 6.07) is 6.67. The fourth-order valence-corrected chi connectivity index (χ4v) is 1.99. The molecule has 134 valence electrons. The number of rotatable bonds is 6. The number of phenols is 1. The number of ether oxygens (including phenoxy) is 1. The summed E-state index contributed by atoms with van der Waals surface area (Å²) in [5.41, 5.74) is 2.21. The van der Waals surface area contributed by atoms with Crippen LogP contribution in [0.4, 0.5) is 4.79 Å². The van der Waals surface area contributed by atoms with Crippen LogP contribution in [0, 0.1) is 5.92 Å². The van der Waals surface area contributed by atoms with Gasteiger partial charge in [0.15, 0.2) is 0 Å². The van der Waals surface area contributed by atoms with Gasteiger partial charge in [-0.3, -0.25) is 0 Å². The zero-order chi connectivity index (χ0) is 18.2. The molecule has 0 aliphatic heterocycles. The van der Waals surface area contributed by atoms with Crippen LogP contribution < -0.4 is 5.48 Å². The molecule has 0 saturated heterocycles. The Morgan fingerprint density at radius 2 is 1.83 bits per heavy atom. The quantitative estimate of drug-likeness (QED) is 0.687. The number of hydrogen-bond acceptors (Lipinski definition) is 6. The number of phenolic OH excluding ortho intramolecular Hbond substituents is 1. The first-order valence-corrected chi connectivity index (χ1v) is 7.77. The normalized spacial score (nSPS) is 12.3. The van der Waals surface area contributed by atoms with E-state index in [4.69, 9.17) is 4.74 Å². The molecular weight excluding hydrogens is 314 g/mol. The van der Waals surface area contributed by atoms with Gasteiger partial charge in [-0.25, -0.2) is 9.59 Å². The molecule has 24 heavy (non-hydrogen) atoms. The SMILES string of the molecule is CC(C)(C)OC(=O)NOC(=O)CCC(CO)Cc1ccc(O)cc1. The molecule has 3 N–H and O–H groups in total. The summed E-state index contributed by atoms with van der Waals surface area (Å²) in [7, 11) is 0. The number of aromatic hydroxyl groups is 1. The number of amides is 1. The Morgan fingerprint density at radius 3 is 2.38 bits per heavy atom. The van der Waals surface area contributed by atoms with Gasteiger partial charge in [0.25, 0.3) is 0 Å². The van der Waals surface area contributed by atoms with Gasteiger partial charge in [-0.1, -0.05) is 12.1 Å². The van der Waals surface area contributed by atoms with Crippen molar-refractivity contribution >= 4 is 12.1 Å². The summed E-state index contributed by atoms with van der Waals surface area (Å²) in [5.74, 6) is -0.551. The topological polar surface area (TPSA) is 105 Å². The zero-order valence-electron chi connectivity index (χ0n) is 14.2. The van der Waals surface area contributed by atoms with E-state index in [1.807, 2.05) is 5.48 Å². The Morgan fingerprint density at radius 1 is 1.21 bits per heavy atom. The molecule has 0 heterocycles. The van der Waals surface area contributed by atoms with Crippen LogP contribution in [0.5, 0.6) is 5.75 Å². The van der Waals surface area contributed by atoms with Crippen LogP contribution in [-0.2, 0) is 20.8 Å². The molecule has 7 heteroatoms. The second kappa shape index (κ2) is 9.12. The van der Waals surface area contributed by atoms with E-state index in [1.165, 1.54) is 0 Å². The first-order valence-electron chi connectivity index (χ1n) is 7.77. The van der Waals surface area contributed by atoms with Gasteiger partial charge in [-0.2, -0.15) is 0 Å². The Labute approximate surface area is 141 Å². The number of aliphatic hydroxyl groups is 1. The van der Waals surface area contributed by atoms with Crippen molar-refractivity contribution in [3.63, 3.8) is 0 Å². The predicted molar refractivity (Wildman–Crippen MR) is 87.1 cm³/mol. The minimum Gasteiger partial charge on any atom is -0.508 e. The van der Waals surface area contributed by atoms with Gasteiger partial charge in [0.05, 0.1) is 0 Å². The summed E-state index contributed by atoms with van der Waals surface area (Å²) < 4.78 is 4.94. The van der Waals surface area contributed by atoms with Crippen LogP contribution in [0.3, 0.4) is 0 Å². The maximum atomic E-state index is 11.6. The first kappa shape index (κ1) is 19.8. The lowest BCUT2D eigenvalue weighted by Crippen LogP contribution is -2.34. The Kier molecular flexibility index (Phi) is 7.51. The predicted octanol–water partition coefficient (Wildman–Crippen LogP) is 2.31. The molecule has 0 saturated carbocycles. The molecule has 0 spiro atoms. The molecule has 1 unspecified atom stereocenters. The van der Waals surface area contributed by atoms with Gasteiger partial charge in [-0.15, -0.1) is 5.48 Å². The Hall–Kier alpha value is -2.28. The van der Waals surface area contributed by atoms with Gasteiger partial charge >= 0.3 is 12.1 Å². The van der Waals surface area contributed by atoms with E-state index in [0.717, 1.165) is 5.56 Å². The molecule has 0 aliphatic carbocycles. The van der Waals surface area contributed by atoms with Gasteiger partial charge in [-0.05, 0) is 57.2 Å². The van der Waals surface area contributed by atoms with Crippen molar-refractivity contribution in [2.24, 2.45) is 5.92 Å². The third kappa shape index (κ3) is 8.38. The molecule has 0 bridgehead atoms. The summed E-state index contributed by atoms with van der Waals surface area (Å²) in [5, 5.41) is 18.7. The third-order valence-corrected chi connectivity index (χ3v) is 3.12. The number of carbonyl (C=O) groups excluding carboxylic acids is 2. The van der Waals surface area contributed by atoms with Crippen LogP contribution >= 0.6 is 0 Å². The number of nitrogens with one attached hydrogen (secondary N) is 1. The molecular formula is C17H25NO6. The minimum atomic E-state index is -0.835. The van der Waals surface area contributed by atoms with Crippen molar-refractivity contribution in [1.82, 2.24) is 5.48 Å². The average molecular weight is 339 g/mol. The summed E-state index contributed by atoms with van der Waals surface area (Å²) >= 11 is 0. The molecule has 0 radical (unpaired) electrons. The number of benzene rings is 1. The number of hydroxylamine groups is 1. The second-order valence-electron chi connectivity index (χ2n) is 6.54. The Bertz CT molecular complexity index is 535. The van der Waals surface area contributed by atoms with Crippen molar-refractivity contribution in [3.05, 3.63) is 29.8 Å². The summed E-state index contributed by atoms with van der Waals surface area (Å²) in [6.45, 7) is 5.02. The van der Waals surface area contributed by atoms with E-state index < -0.39 is 17.7 Å². The smallest absolute Gasteiger partial charge is 0.441 e. The largest absolute Gasteiger partial charge is 0.508 e. The molecule has 0 aromatic heterocycles. The Balaban J connectivity index is 2.33. The lowest BCUT2D eigenvalue weighted by atomic mass is 9.95. The summed E-state index contributed by atoms with van der Waals surface area (Å²) in [6.07, 6.45) is 0.202. The zero-order valence-corrected chi connectivity index (χ0v) is 14.2. The van der Waals surface area contributed by atoms with Crippen molar-refractivity contribution in [2.45, 2.75) is 45.6 Å². The molecule has 1 aromatic carbocycles. The minimum absolute atomic E-state index is 0.0547. The van der Waals surface area contributed by atoms with Crippen LogP contribution in [-0.4, -0.2) is 34.5 Å². The van der Waals surface area contributed by atoms with Crippen LogP contribution in [0.2, 0.25) is 0 Å². The maximum Gasteiger partial charge on any atom is 0.441 e. The lowest BCUT2D eigenvalue weighted by Gasteiger charge is -2.19. The van der Waals surface area contributed by atoms with Crippen LogP contribution in [0.1, 0.15) is 39.2 Å². The summed E-state index contributed by atoms with van der Waals surface area (Å²) in [4.78, 5) is 27.6. The average Bonchev–Trinajstić information content (AvgIpc) is 2.49. The van der Waals surface area contributed by atoms with E-state index in [-0.39, 0.29) is 24.7 Å². The van der Waals surface area contributed by atoms with Gasteiger partial charge in [0, 0.05) is 13.0 Å². The van der Waals surface area contributed by atoms with Crippen molar-refractivity contribution < 1.29 is 29.4 Å².